The average molecular weight is 291 g/mol. The van der Waals surface area contributed by atoms with Gasteiger partial charge in [0, 0.05) is 17.8 Å². The largest absolute Gasteiger partial charge is 0.485 e. The predicted molar refractivity (Wildman–Crippen MR) is 79.7 cm³/mol. The van der Waals surface area contributed by atoms with Crippen molar-refractivity contribution in [3.05, 3.63) is 40.8 Å². The molecule has 0 aliphatic heterocycles. The molecule has 1 amide bonds. The van der Waals surface area contributed by atoms with Crippen molar-refractivity contribution in [3.8, 4) is 5.75 Å². The van der Waals surface area contributed by atoms with Crippen LogP contribution in [0, 0.1) is 5.92 Å². The molecule has 2 rings (SSSR count). The first-order valence-electron chi connectivity index (χ1n) is 6.30. The standard InChI is InChI=1S/C14H17N3O2S/c1-10(6-15)14(18)17-12-4-2-3-5-13(12)19-7-11-8-20-9-16-11/h2-5,8-10H,6-7,15H2,1H3,(H,17,18). The molecule has 0 saturated heterocycles. The predicted octanol–water partition coefficient (Wildman–Crippen LogP) is 2.26. The highest BCUT2D eigenvalue weighted by Crippen LogP contribution is 2.25. The Morgan fingerprint density at radius 2 is 2.30 bits per heavy atom. The van der Waals surface area contributed by atoms with Gasteiger partial charge in [-0.1, -0.05) is 19.1 Å². The van der Waals surface area contributed by atoms with Gasteiger partial charge in [0.25, 0.3) is 0 Å². The first kappa shape index (κ1) is 14.5. The molecule has 0 spiro atoms. The molecule has 5 nitrogen and oxygen atoms in total. The van der Waals surface area contributed by atoms with E-state index in [1.807, 2.05) is 23.6 Å². The summed E-state index contributed by atoms with van der Waals surface area (Å²) in [5.41, 5.74) is 8.76. The maximum Gasteiger partial charge on any atom is 0.228 e. The van der Waals surface area contributed by atoms with Gasteiger partial charge in [0.05, 0.1) is 16.9 Å². The lowest BCUT2D eigenvalue weighted by Gasteiger charge is -2.14. The summed E-state index contributed by atoms with van der Waals surface area (Å²) in [5, 5.41) is 4.76. The van der Waals surface area contributed by atoms with Gasteiger partial charge in [-0.25, -0.2) is 4.98 Å². The number of nitrogens with zero attached hydrogens (tertiary/aromatic N) is 1. The van der Waals surface area contributed by atoms with E-state index in [1.54, 1.807) is 18.5 Å². The van der Waals surface area contributed by atoms with E-state index in [2.05, 4.69) is 10.3 Å². The van der Waals surface area contributed by atoms with Crippen LogP contribution < -0.4 is 15.8 Å². The van der Waals surface area contributed by atoms with Gasteiger partial charge >= 0.3 is 0 Å². The van der Waals surface area contributed by atoms with Crippen LogP contribution in [0.3, 0.4) is 0 Å². The Kier molecular flexibility index (Phi) is 5.09. The fraction of sp³-hybridized carbons (Fsp3) is 0.286. The summed E-state index contributed by atoms with van der Waals surface area (Å²) < 4.78 is 5.69. The Balaban J connectivity index is 2.04. The molecular weight excluding hydrogens is 274 g/mol. The number of thiazole rings is 1. The zero-order chi connectivity index (χ0) is 14.4. The van der Waals surface area contributed by atoms with Gasteiger partial charge in [0.1, 0.15) is 12.4 Å². The van der Waals surface area contributed by atoms with E-state index >= 15 is 0 Å². The van der Waals surface area contributed by atoms with Gasteiger partial charge in [0.2, 0.25) is 5.91 Å². The van der Waals surface area contributed by atoms with E-state index in [0.29, 0.717) is 24.6 Å². The van der Waals surface area contributed by atoms with E-state index in [-0.39, 0.29) is 11.8 Å². The van der Waals surface area contributed by atoms with Gasteiger partial charge in [-0.2, -0.15) is 0 Å². The minimum absolute atomic E-state index is 0.114. The topological polar surface area (TPSA) is 77.2 Å². The lowest BCUT2D eigenvalue weighted by molar-refractivity contribution is -0.119. The first-order chi connectivity index (χ1) is 9.70. The smallest absolute Gasteiger partial charge is 0.228 e. The van der Waals surface area contributed by atoms with Crippen molar-refractivity contribution in [2.75, 3.05) is 11.9 Å². The van der Waals surface area contributed by atoms with Crippen LogP contribution >= 0.6 is 11.3 Å². The highest BCUT2D eigenvalue weighted by molar-refractivity contribution is 7.07. The SMILES string of the molecule is CC(CN)C(=O)Nc1ccccc1OCc1cscn1. The summed E-state index contributed by atoms with van der Waals surface area (Å²) >= 11 is 1.52. The van der Waals surface area contributed by atoms with Crippen LogP contribution in [0.2, 0.25) is 0 Å². The van der Waals surface area contributed by atoms with E-state index in [0.717, 1.165) is 5.69 Å². The lowest BCUT2D eigenvalue weighted by atomic mass is 10.1. The third-order valence-corrected chi connectivity index (χ3v) is 3.44. The third kappa shape index (κ3) is 3.79. The monoisotopic (exact) mass is 291 g/mol. The molecule has 106 valence electrons. The van der Waals surface area contributed by atoms with Gasteiger partial charge in [-0.3, -0.25) is 4.79 Å². The molecule has 0 fully saturated rings. The van der Waals surface area contributed by atoms with Crippen molar-refractivity contribution in [2.24, 2.45) is 11.7 Å². The molecule has 2 aromatic rings. The molecular formula is C14H17N3O2S. The summed E-state index contributed by atoms with van der Waals surface area (Å²) in [7, 11) is 0. The van der Waals surface area contributed by atoms with Crippen molar-refractivity contribution in [1.29, 1.82) is 0 Å². The van der Waals surface area contributed by atoms with Crippen molar-refractivity contribution >= 4 is 22.9 Å². The van der Waals surface area contributed by atoms with E-state index < -0.39 is 0 Å². The molecule has 0 radical (unpaired) electrons. The number of nitrogens with two attached hydrogens (primary N) is 1. The van der Waals surface area contributed by atoms with E-state index in [1.165, 1.54) is 11.3 Å². The van der Waals surface area contributed by atoms with E-state index in [9.17, 15) is 4.79 Å². The molecule has 1 aromatic heterocycles. The van der Waals surface area contributed by atoms with E-state index in [4.69, 9.17) is 10.5 Å². The minimum Gasteiger partial charge on any atom is -0.485 e. The Bertz CT molecular complexity index is 557. The molecule has 3 N–H and O–H groups in total. The molecule has 0 aliphatic carbocycles. The van der Waals surface area contributed by atoms with Crippen LogP contribution in [0.5, 0.6) is 5.75 Å². The Hall–Kier alpha value is -1.92. The van der Waals surface area contributed by atoms with Gasteiger partial charge in [-0.05, 0) is 12.1 Å². The summed E-state index contributed by atoms with van der Waals surface area (Å²) in [4.78, 5) is 16.0. The van der Waals surface area contributed by atoms with Crippen molar-refractivity contribution in [2.45, 2.75) is 13.5 Å². The van der Waals surface area contributed by atoms with Crippen LogP contribution in [-0.4, -0.2) is 17.4 Å². The van der Waals surface area contributed by atoms with Crippen LogP contribution in [0.15, 0.2) is 35.2 Å². The zero-order valence-electron chi connectivity index (χ0n) is 11.2. The number of aromatic nitrogens is 1. The number of benzene rings is 1. The molecule has 1 aromatic carbocycles. The van der Waals surface area contributed by atoms with Crippen molar-refractivity contribution in [3.63, 3.8) is 0 Å². The Morgan fingerprint density at radius 1 is 1.50 bits per heavy atom. The molecule has 0 saturated carbocycles. The second-order valence-corrected chi connectivity index (χ2v) is 5.11. The number of anilines is 1. The van der Waals surface area contributed by atoms with Gasteiger partial charge in [-0.15, -0.1) is 11.3 Å². The Morgan fingerprint density at radius 3 is 3.00 bits per heavy atom. The maximum absolute atomic E-state index is 11.9. The Labute approximate surface area is 121 Å². The molecule has 0 bridgehead atoms. The van der Waals surface area contributed by atoms with Gasteiger partial charge in [0.15, 0.2) is 0 Å². The second-order valence-electron chi connectivity index (χ2n) is 4.39. The quantitative estimate of drug-likeness (QED) is 0.855. The molecule has 1 heterocycles. The average Bonchev–Trinajstić information content (AvgIpc) is 2.98. The number of ether oxygens (including phenoxy) is 1. The number of amides is 1. The number of rotatable bonds is 6. The first-order valence-corrected chi connectivity index (χ1v) is 7.25. The zero-order valence-corrected chi connectivity index (χ0v) is 12.0. The minimum atomic E-state index is -0.235. The molecule has 6 heteroatoms. The van der Waals surface area contributed by atoms with Crippen LogP contribution in [0.1, 0.15) is 12.6 Å². The number of carbonyl (C=O) groups excluding carboxylic acids is 1. The molecule has 0 aliphatic rings. The molecule has 1 unspecified atom stereocenters. The molecule has 20 heavy (non-hydrogen) atoms. The highest BCUT2D eigenvalue weighted by atomic mass is 32.1. The fourth-order valence-corrected chi connectivity index (χ4v) is 2.06. The lowest BCUT2D eigenvalue weighted by Crippen LogP contribution is -2.26. The fourth-order valence-electron chi connectivity index (χ4n) is 1.52. The second kappa shape index (κ2) is 7.02. The summed E-state index contributed by atoms with van der Waals surface area (Å²) in [6.45, 7) is 2.48. The van der Waals surface area contributed by atoms with Crippen molar-refractivity contribution < 1.29 is 9.53 Å². The summed E-state index contributed by atoms with van der Waals surface area (Å²) in [5.74, 6) is 0.275. The van der Waals surface area contributed by atoms with Crippen LogP contribution in [0.4, 0.5) is 5.69 Å². The molecule has 1 atom stereocenters. The van der Waals surface area contributed by atoms with Crippen LogP contribution in [0.25, 0.3) is 0 Å². The van der Waals surface area contributed by atoms with Crippen LogP contribution in [-0.2, 0) is 11.4 Å². The summed E-state index contributed by atoms with van der Waals surface area (Å²) in [6, 6.07) is 7.32. The number of nitrogens with one attached hydrogen (secondary N) is 1. The van der Waals surface area contributed by atoms with Gasteiger partial charge < -0.3 is 15.8 Å². The summed E-state index contributed by atoms with van der Waals surface area (Å²) in [6.07, 6.45) is 0. The number of para-hydroxylation sites is 2. The number of hydrogen-bond acceptors (Lipinski definition) is 5. The number of carbonyl (C=O) groups is 1. The third-order valence-electron chi connectivity index (χ3n) is 2.81. The number of hydrogen-bond donors (Lipinski definition) is 2. The van der Waals surface area contributed by atoms with Crippen molar-refractivity contribution in [1.82, 2.24) is 4.98 Å². The maximum atomic E-state index is 11.9. The normalized spacial score (nSPS) is 11.9. The highest BCUT2D eigenvalue weighted by Gasteiger charge is 2.13.